The van der Waals surface area contributed by atoms with Gasteiger partial charge in [0.25, 0.3) is 0 Å². The van der Waals surface area contributed by atoms with Crippen LogP contribution in [0, 0.1) is 0 Å². The zero-order valence-corrected chi connectivity index (χ0v) is 31.1. The summed E-state index contributed by atoms with van der Waals surface area (Å²) in [7, 11) is 0. The van der Waals surface area contributed by atoms with Crippen molar-refractivity contribution in [3.05, 3.63) is 168 Å². The first kappa shape index (κ1) is 40.2. The van der Waals surface area contributed by atoms with Crippen LogP contribution in [0.5, 0.6) is 0 Å². The number of aromatic nitrogens is 6. The van der Waals surface area contributed by atoms with E-state index < -0.39 is 47.0 Å². The molecule has 0 amide bonds. The van der Waals surface area contributed by atoms with Crippen LogP contribution in [0.4, 0.5) is 52.7 Å². The molecule has 62 heavy (non-hydrogen) atoms. The van der Waals surface area contributed by atoms with E-state index in [4.69, 9.17) is 9.97 Å². The lowest BCUT2D eigenvalue weighted by Crippen LogP contribution is -2.11. The Balaban J connectivity index is 1.33. The maximum absolute atomic E-state index is 13.9. The van der Waals surface area contributed by atoms with Crippen molar-refractivity contribution in [2.75, 3.05) is 0 Å². The molecule has 9 aromatic rings. The van der Waals surface area contributed by atoms with Gasteiger partial charge in [-0.3, -0.25) is 9.13 Å². The third kappa shape index (κ3) is 7.34. The molecule has 0 fully saturated rings. The highest BCUT2D eigenvalue weighted by Gasteiger charge is 2.33. The molecule has 0 aliphatic heterocycles. The highest BCUT2D eigenvalue weighted by Crippen LogP contribution is 2.37. The van der Waals surface area contributed by atoms with E-state index in [0.717, 1.165) is 48.5 Å². The smallest absolute Gasteiger partial charge is 0.314 e. The minimum Gasteiger partial charge on any atom is -0.314 e. The summed E-state index contributed by atoms with van der Waals surface area (Å²) in [6.45, 7) is 0. The van der Waals surface area contributed by atoms with Gasteiger partial charge in [-0.05, 0) is 108 Å². The van der Waals surface area contributed by atoms with Crippen LogP contribution in [0.2, 0.25) is 0 Å². The van der Waals surface area contributed by atoms with Gasteiger partial charge < -0.3 is 9.13 Å². The lowest BCUT2D eigenvalue weighted by molar-refractivity contribution is -0.138. The zero-order valence-electron chi connectivity index (χ0n) is 31.1. The number of nitrogens with zero attached hydrogens (tertiary/aromatic N) is 6. The van der Waals surface area contributed by atoms with E-state index in [1.54, 1.807) is 24.3 Å². The molecule has 0 N–H and O–H groups in total. The highest BCUT2D eigenvalue weighted by atomic mass is 19.4. The Hall–Kier alpha value is -7.24. The van der Waals surface area contributed by atoms with Crippen LogP contribution < -0.4 is 0 Å². The molecule has 0 unspecified atom stereocenters. The third-order valence-electron chi connectivity index (χ3n) is 10.2. The summed E-state index contributed by atoms with van der Waals surface area (Å²) in [6.07, 6.45) is -13.4. The number of hydrogen-bond acceptors (Lipinski definition) is 2. The van der Waals surface area contributed by atoms with Gasteiger partial charge >= 0.3 is 24.7 Å². The highest BCUT2D eigenvalue weighted by molar-refractivity contribution is 6.03. The topological polar surface area (TPSA) is 45.5 Å². The molecule has 0 radical (unpaired) electrons. The summed E-state index contributed by atoms with van der Waals surface area (Å²) >= 11 is 0. The van der Waals surface area contributed by atoms with Crippen molar-refractivity contribution in [3.63, 3.8) is 0 Å². The molecule has 314 valence electrons. The van der Waals surface area contributed by atoms with E-state index in [2.05, 4.69) is 0 Å². The number of fused-ring (bicyclic) bond motifs is 4. The molecule has 6 nitrogen and oxygen atoms in total. The molecule has 0 aliphatic rings. The van der Waals surface area contributed by atoms with Crippen molar-refractivity contribution in [1.29, 1.82) is 0 Å². The van der Waals surface area contributed by atoms with Crippen molar-refractivity contribution < 1.29 is 52.7 Å². The Labute approximate surface area is 340 Å². The first-order valence-electron chi connectivity index (χ1n) is 18.2. The summed E-state index contributed by atoms with van der Waals surface area (Å²) in [5.41, 5.74) is -2.97. The van der Waals surface area contributed by atoms with Gasteiger partial charge in [0.05, 0.1) is 44.3 Å². The monoisotopic (exact) mass is 864 g/mol. The number of halogens is 12. The van der Waals surface area contributed by atoms with Gasteiger partial charge in [0.15, 0.2) is 11.3 Å². The third-order valence-corrected chi connectivity index (χ3v) is 10.2. The van der Waals surface area contributed by atoms with E-state index in [1.165, 1.54) is 91.6 Å². The molecular weight excluding hydrogens is 841 g/mol. The molecule has 0 aliphatic carbocycles. The zero-order chi connectivity index (χ0) is 43.9. The van der Waals surface area contributed by atoms with Crippen molar-refractivity contribution in [3.8, 4) is 22.7 Å². The predicted molar refractivity (Wildman–Crippen MR) is 207 cm³/mol. The first-order valence-corrected chi connectivity index (χ1v) is 18.2. The lowest BCUT2D eigenvalue weighted by Gasteiger charge is -2.20. The SMILES string of the molecule is FC(F)(F)c1cccc(-n2ccn(-c3cccc(C(F)(F)F)c3)c3cc4cc5nc6c(nc5cc4cc32)n(-c2cccc(C(F)(F)F)c2)ccn6-c2cccc(C(F)(F)F)c2)c1. The Morgan fingerprint density at radius 2 is 0.597 bits per heavy atom. The molecule has 0 saturated heterocycles. The summed E-state index contributed by atoms with van der Waals surface area (Å²) < 4.78 is 172. The summed E-state index contributed by atoms with van der Waals surface area (Å²) in [4.78, 5) is 9.57. The lowest BCUT2D eigenvalue weighted by atomic mass is 10.1. The average Bonchev–Trinajstić information content (AvgIpc) is 3.22. The minimum atomic E-state index is -4.72. The van der Waals surface area contributed by atoms with Crippen molar-refractivity contribution in [2.24, 2.45) is 0 Å². The number of alkyl halides is 12. The Morgan fingerprint density at radius 1 is 0.323 bits per heavy atom. The molecule has 3 aromatic heterocycles. The molecule has 9 rings (SSSR count). The van der Waals surface area contributed by atoms with Crippen LogP contribution in [0.15, 0.2) is 146 Å². The van der Waals surface area contributed by atoms with Crippen LogP contribution in [-0.4, -0.2) is 28.2 Å². The second-order valence-electron chi connectivity index (χ2n) is 14.2. The standard InChI is InChI=1S/C44H24F12N6/c45-41(46,47)27-5-1-9-31(21-27)59-13-14-60(32-10-2-6-28(22-32)42(48,49)50)38-20-26-18-36-35(17-25(26)19-37(38)59)57-39-40(58-36)62(34-12-4-8-30(24-34)44(54,55)56)16-15-61(39)33-11-3-7-29(23-33)43(51,52)53/h1-24H. The Kier molecular flexibility index (Phi) is 9.18. The van der Waals surface area contributed by atoms with Gasteiger partial charge in [-0.15, -0.1) is 0 Å². The second kappa shape index (κ2) is 14.2. The molecule has 0 saturated carbocycles. The van der Waals surface area contributed by atoms with Crippen molar-refractivity contribution in [1.82, 2.24) is 28.2 Å². The number of hydrogen-bond donors (Lipinski definition) is 0. The van der Waals surface area contributed by atoms with Crippen molar-refractivity contribution in [2.45, 2.75) is 24.7 Å². The van der Waals surface area contributed by atoms with Gasteiger partial charge in [0, 0.05) is 47.5 Å². The van der Waals surface area contributed by atoms with Gasteiger partial charge in [0.1, 0.15) is 0 Å². The van der Waals surface area contributed by atoms with Crippen LogP contribution in [0.3, 0.4) is 0 Å². The molecule has 3 heterocycles. The second-order valence-corrected chi connectivity index (χ2v) is 14.2. The van der Waals surface area contributed by atoms with Crippen LogP contribution >= 0.6 is 0 Å². The number of rotatable bonds is 4. The molecule has 0 bridgehead atoms. The molecule has 0 spiro atoms. The first-order chi connectivity index (χ1) is 29.2. The van der Waals surface area contributed by atoms with Crippen LogP contribution in [-0.2, 0) is 24.7 Å². The van der Waals surface area contributed by atoms with Gasteiger partial charge in [-0.2, -0.15) is 52.7 Å². The van der Waals surface area contributed by atoms with E-state index in [-0.39, 0.29) is 56.1 Å². The summed E-state index contributed by atoms with van der Waals surface area (Å²) in [5, 5.41) is 0.849. The molecule has 18 heteroatoms. The maximum atomic E-state index is 13.9. The Morgan fingerprint density at radius 3 is 0.887 bits per heavy atom. The molecule has 0 atom stereocenters. The summed E-state index contributed by atoms with van der Waals surface area (Å²) in [6, 6.07) is 23.8. The van der Waals surface area contributed by atoms with Gasteiger partial charge in [-0.1, -0.05) is 24.3 Å². The average molecular weight is 865 g/mol. The van der Waals surface area contributed by atoms with E-state index in [9.17, 15) is 52.7 Å². The Bertz CT molecular complexity index is 2840. The van der Waals surface area contributed by atoms with Gasteiger partial charge in [0.2, 0.25) is 0 Å². The fraction of sp³-hybridized carbons (Fsp3) is 0.0909. The fourth-order valence-corrected chi connectivity index (χ4v) is 7.28. The number of benzene rings is 6. The van der Waals surface area contributed by atoms with E-state index in [0.29, 0.717) is 10.8 Å². The maximum Gasteiger partial charge on any atom is 0.416 e. The molecular formula is C44H24F12N6. The van der Waals surface area contributed by atoms with Crippen molar-refractivity contribution >= 4 is 44.1 Å². The predicted octanol–water partition coefficient (Wildman–Crippen LogP) is 13.5. The fourth-order valence-electron chi connectivity index (χ4n) is 7.28. The van der Waals surface area contributed by atoms with Gasteiger partial charge in [-0.25, -0.2) is 9.97 Å². The normalized spacial score (nSPS) is 12.8. The largest absolute Gasteiger partial charge is 0.416 e. The van der Waals surface area contributed by atoms with Crippen LogP contribution in [0.25, 0.3) is 66.9 Å². The van der Waals surface area contributed by atoms with E-state index >= 15 is 0 Å². The van der Waals surface area contributed by atoms with E-state index in [1.807, 2.05) is 0 Å². The summed E-state index contributed by atoms with van der Waals surface area (Å²) in [5.74, 6) is 0. The minimum absolute atomic E-state index is 0.00252. The molecule has 6 aromatic carbocycles. The van der Waals surface area contributed by atoms with Crippen LogP contribution in [0.1, 0.15) is 22.3 Å². The quantitative estimate of drug-likeness (QED) is 0.131.